The number of aliphatic carboxylic acids is 1. The summed E-state index contributed by atoms with van der Waals surface area (Å²) in [6.45, 7) is 0.238. The molecule has 2 heterocycles. The second-order valence-corrected chi connectivity index (χ2v) is 4.25. The highest BCUT2D eigenvalue weighted by Gasteiger charge is 2.63. The Balaban J connectivity index is 2.49. The van der Waals surface area contributed by atoms with Crippen LogP contribution in [0.1, 0.15) is 19.3 Å². The average Bonchev–Trinajstić information content (AvgIpc) is 2.16. The lowest BCUT2D eigenvalue weighted by Crippen LogP contribution is -2.78. The average molecular weight is 228 g/mol. The minimum absolute atomic E-state index is 0.0518. The van der Waals surface area contributed by atoms with Crippen molar-refractivity contribution in [3.8, 4) is 0 Å². The zero-order chi connectivity index (χ0) is 12.0. The molecule has 0 aliphatic carbocycles. The van der Waals surface area contributed by atoms with Gasteiger partial charge in [0.25, 0.3) is 6.09 Å². The number of quaternary nitrogens is 1. The first kappa shape index (κ1) is 11.0. The van der Waals surface area contributed by atoms with Gasteiger partial charge in [-0.3, -0.25) is 4.79 Å². The van der Waals surface area contributed by atoms with Gasteiger partial charge in [-0.2, -0.15) is 5.43 Å². The van der Waals surface area contributed by atoms with Gasteiger partial charge >= 0.3 is 11.9 Å². The zero-order valence-corrected chi connectivity index (χ0v) is 8.56. The highest BCUT2D eigenvalue weighted by atomic mass is 16.4. The molecule has 0 spiro atoms. The second kappa shape index (κ2) is 3.26. The zero-order valence-electron chi connectivity index (χ0n) is 8.56. The standard InChI is InChI=1S/C9H12N2O5/c12-6-9(7(13)14)2-1-5-11(6,8(15)16)10-4-3-9/h10H,1-5H2,(H-,13,14,15,16). The van der Waals surface area contributed by atoms with Crippen molar-refractivity contribution in [2.45, 2.75) is 19.3 Å². The molecule has 2 unspecified atom stereocenters. The van der Waals surface area contributed by atoms with Crippen molar-refractivity contribution in [3.05, 3.63) is 0 Å². The van der Waals surface area contributed by atoms with Crippen LogP contribution in [-0.2, 0) is 9.59 Å². The Kier molecular flexibility index (Phi) is 2.25. The quantitative estimate of drug-likeness (QED) is 0.415. The minimum atomic E-state index is -1.57. The van der Waals surface area contributed by atoms with Crippen molar-refractivity contribution in [3.63, 3.8) is 0 Å². The summed E-state index contributed by atoms with van der Waals surface area (Å²) in [5.41, 5.74) is 1.00. The number of hydrogen-bond acceptors (Lipinski definition) is 5. The van der Waals surface area contributed by atoms with E-state index in [9.17, 15) is 19.5 Å². The fraction of sp³-hybridized carbons (Fsp3) is 0.667. The Bertz CT molecular complexity index is 336. The molecule has 0 aromatic carbocycles. The smallest absolute Gasteiger partial charge is 0.356 e. The summed E-state index contributed by atoms with van der Waals surface area (Å²) < 4.78 is -1.05. The first-order valence-corrected chi connectivity index (χ1v) is 5.09. The minimum Gasteiger partial charge on any atom is -0.496 e. The van der Waals surface area contributed by atoms with Gasteiger partial charge in [0.05, 0.1) is 0 Å². The fourth-order valence-electron chi connectivity index (χ4n) is 2.58. The second-order valence-electron chi connectivity index (χ2n) is 4.25. The number of nitrogens with one attached hydrogen (secondary N) is 1. The molecule has 2 bridgehead atoms. The maximum absolute atomic E-state index is 12.0. The highest BCUT2D eigenvalue weighted by Crippen LogP contribution is 2.40. The maximum atomic E-state index is 12.0. The first-order valence-electron chi connectivity index (χ1n) is 5.09. The monoisotopic (exact) mass is 228 g/mol. The molecule has 0 saturated carbocycles. The lowest BCUT2D eigenvalue weighted by Gasteiger charge is -2.47. The molecule has 2 fully saturated rings. The molecule has 16 heavy (non-hydrogen) atoms. The summed E-state index contributed by atoms with van der Waals surface area (Å²) in [4.78, 5) is 34.3. The van der Waals surface area contributed by atoms with Gasteiger partial charge in [0.2, 0.25) is 0 Å². The Morgan fingerprint density at radius 3 is 2.69 bits per heavy atom. The van der Waals surface area contributed by atoms with Gasteiger partial charge in [-0.1, -0.05) is 0 Å². The number of fused-ring (bicyclic) bond motifs is 2. The number of hydrogen-bond donors (Lipinski definition) is 2. The predicted molar refractivity (Wildman–Crippen MR) is 47.5 cm³/mol. The van der Waals surface area contributed by atoms with Crippen molar-refractivity contribution in [2.75, 3.05) is 13.1 Å². The topological polar surface area (TPSA) is 107 Å². The third-order valence-corrected chi connectivity index (χ3v) is 3.51. The summed E-state index contributed by atoms with van der Waals surface area (Å²) in [7, 11) is 0. The maximum Gasteiger partial charge on any atom is 0.356 e. The van der Waals surface area contributed by atoms with Crippen molar-refractivity contribution in [1.29, 1.82) is 0 Å². The summed E-state index contributed by atoms with van der Waals surface area (Å²) >= 11 is 0. The molecular weight excluding hydrogens is 216 g/mol. The van der Waals surface area contributed by atoms with E-state index in [0.29, 0.717) is 6.42 Å². The van der Waals surface area contributed by atoms with Gasteiger partial charge < -0.3 is 15.0 Å². The van der Waals surface area contributed by atoms with Crippen molar-refractivity contribution < 1.29 is 29.2 Å². The van der Waals surface area contributed by atoms with Crippen LogP contribution in [0.5, 0.6) is 0 Å². The van der Waals surface area contributed by atoms with Gasteiger partial charge in [-0.15, -0.1) is 4.59 Å². The third kappa shape index (κ3) is 1.12. The van der Waals surface area contributed by atoms with E-state index in [1.165, 1.54) is 0 Å². The van der Waals surface area contributed by atoms with Crippen molar-refractivity contribution >= 4 is 18.0 Å². The van der Waals surface area contributed by atoms with E-state index in [2.05, 4.69) is 5.43 Å². The summed E-state index contributed by atoms with van der Waals surface area (Å²) in [5.74, 6) is -2.04. The molecule has 7 heteroatoms. The van der Waals surface area contributed by atoms with E-state index < -0.39 is 28.0 Å². The summed E-state index contributed by atoms with van der Waals surface area (Å²) in [6.07, 6.45) is -0.862. The molecule has 0 radical (unpaired) electrons. The van der Waals surface area contributed by atoms with Gasteiger partial charge in [-0.05, 0) is 12.8 Å². The molecule has 2 aliphatic rings. The highest BCUT2D eigenvalue weighted by molar-refractivity contribution is 6.01. The number of carboxylic acid groups (broad SMARTS) is 2. The molecule has 2 saturated heterocycles. The Morgan fingerprint density at radius 2 is 2.12 bits per heavy atom. The van der Waals surface area contributed by atoms with Gasteiger partial charge in [0.1, 0.15) is 6.54 Å². The third-order valence-electron chi connectivity index (χ3n) is 3.51. The van der Waals surface area contributed by atoms with Crippen LogP contribution < -0.4 is 10.5 Å². The van der Waals surface area contributed by atoms with Gasteiger partial charge in [0, 0.05) is 13.0 Å². The van der Waals surface area contributed by atoms with E-state index in [0.717, 1.165) is 0 Å². The van der Waals surface area contributed by atoms with Crippen LogP contribution in [0.4, 0.5) is 4.79 Å². The molecular formula is C9H12N2O5. The number of imide groups is 1. The number of rotatable bonds is 1. The van der Waals surface area contributed by atoms with E-state index >= 15 is 0 Å². The molecule has 0 aromatic heterocycles. The number of carbonyl (C=O) groups excluding carboxylic acids is 2. The normalized spacial score (nSPS) is 38.1. The molecule has 88 valence electrons. The van der Waals surface area contributed by atoms with E-state index in [-0.39, 0.29) is 25.9 Å². The van der Waals surface area contributed by atoms with E-state index in [4.69, 9.17) is 5.11 Å². The molecule has 2 rings (SSSR count). The van der Waals surface area contributed by atoms with Gasteiger partial charge in [0.15, 0.2) is 5.41 Å². The number of carbonyl (C=O) groups is 3. The van der Waals surface area contributed by atoms with E-state index in [1.54, 1.807) is 0 Å². The fourth-order valence-corrected chi connectivity index (χ4v) is 2.58. The lowest BCUT2D eigenvalue weighted by molar-refractivity contribution is -0.859. The SMILES string of the molecule is O=C(O)C12CCC[N+](C(=O)[O-])(NCC1)C2=O. The van der Waals surface area contributed by atoms with Crippen LogP contribution >= 0.6 is 0 Å². The number of amides is 2. The Morgan fingerprint density at radius 1 is 1.44 bits per heavy atom. The number of piperidine rings is 1. The largest absolute Gasteiger partial charge is 0.496 e. The molecule has 2 N–H and O–H groups in total. The summed E-state index contributed by atoms with van der Waals surface area (Å²) in [5, 5.41) is 20.2. The van der Waals surface area contributed by atoms with E-state index in [1.807, 2.05) is 0 Å². The van der Waals surface area contributed by atoms with Crippen LogP contribution in [0.3, 0.4) is 0 Å². The van der Waals surface area contributed by atoms with Crippen LogP contribution in [0.15, 0.2) is 0 Å². The molecule has 2 aliphatic heterocycles. The van der Waals surface area contributed by atoms with Crippen LogP contribution in [-0.4, -0.2) is 40.8 Å². The summed E-state index contributed by atoms with van der Waals surface area (Å²) in [6, 6.07) is 0. The Labute approximate surface area is 91.2 Å². The molecule has 0 aromatic rings. The Hall–Kier alpha value is -1.47. The van der Waals surface area contributed by atoms with Crippen LogP contribution in [0, 0.1) is 5.41 Å². The van der Waals surface area contributed by atoms with Crippen molar-refractivity contribution in [2.24, 2.45) is 5.41 Å². The van der Waals surface area contributed by atoms with Crippen LogP contribution in [0.2, 0.25) is 0 Å². The predicted octanol–water partition coefficient (Wildman–Crippen LogP) is -1.55. The first-order chi connectivity index (χ1) is 7.46. The molecule has 2 amide bonds. The molecule has 7 nitrogen and oxygen atoms in total. The van der Waals surface area contributed by atoms with Gasteiger partial charge in [-0.25, -0.2) is 4.79 Å². The van der Waals surface area contributed by atoms with Crippen molar-refractivity contribution in [1.82, 2.24) is 5.43 Å². The lowest BCUT2D eigenvalue weighted by atomic mass is 9.74. The molecule has 2 atom stereocenters. The van der Waals surface area contributed by atoms with Crippen LogP contribution in [0.25, 0.3) is 0 Å². The number of nitrogens with zero attached hydrogens (tertiary/aromatic N) is 1. The number of carboxylic acids is 1.